The van der Waals surface area contributed by atoms with Crippen molar-refractivity contribution < 1.29 is 4.79 Å². The smallest absolute Gasteiger partial charge is 0.234 e. The van der Waals surface area contributed by atoms with Crippen molar-refractivity contribution in [2.45, 2.75) is 55.0 Å². The number of pyridine rings is 1. The van der Waals surface area contributed by atoms with E-state index >= 15 is 0 Å². The second-order valence-electron chi connectivity index (χ2n) is 5.92. The van der Waals surface area contributed by atoms with Crippen molar-refractivity contribution in [2.24, 2.45) is 0 Å². The Morgan fingerprint density at radius 1 is 1.39 bits per heavy atom. The first kappa shape index (κ1) is 15.8. The molecule has 23 heavy (non-hydrogen) atoms. The Hall–Kier alpha value is -2.07. The van der Waals surface area contributed by atoms with Gasteiger partial charge >= 0.3 is 0 Å². The van der Waals surface area contributed by atoms with Crippen LogP contribution in [0.25, 0.3) is 5.65 Å². The van der Waals surface area contributed by atoms with Gasteiger partial charge in [0.1, 0.15) is 5.54 Å². The van der Waals surface area contributed by atoms with Gasteiger partial charge in [0.05, 0.1) is 11.3 Å². The Morgan fingerprint density at radius 2 is 2.17 bits per heavy atom. The van der Waals surface area contributed by atoms with Gasteiger partial charge in [-0.3, -0.25) is 9.20 Å². The van der Waals surface area contributed by atoms with Crippen LogP contribution in [0.4, 0.5) is 0 Å². The molecule has 0 spiro atoms. The summed E-state index contributed by atoms with van der Waals surface area (Å²) in [6, 6.07) is 7.98. The lowest BCUT2D eigenvalue weighted by Crippen LogP contribution is -2.50. The van der Waals surface area contributed by atoms with Crippen molar-refractivity contribution in [1.82, 2.24) is 19.9 Å². The first-order valence-corrected chi connectivity index (χ1v) is 8.71. The summed E-state index contributed by atoms with van der Waals surface area (Å²) in [6.07, 6.45) is 6.46. The highest BCUT2D eigenvalue weighted by atomic mass is 32.2. The summed E-state index contributed by atoms with van der Waals surface area (Å²) >= 11 is 1.35. The average molecular weight is 329 g/mol. The van der Waals surface area contributed by atoms with Crippen molar-refractivity contribution in [3.63, 3.8) is 0 Å². The molecule has 120 valence electrons. The van der Waals surface area contributed by atoms with E-state index in [0.717, 1.165) is 37.8 Å². The van der Waals surface area contributed by atoms with Crippen molar-refractivity contribution in [1.29, 1.82) is 5.26 Å². The van der Waals surface area contributed by atoms with Crippen LogP contribution in [0, 0.1) is 11.3 Å². The third-order valence-corrected chi connectivity index (χ3v) is 5.27. The summed E-state index contributed by atoms with van der Waals surface area (Å²) in [5.41, 5.74) is 0.0558. The first-order valence-electron chi connectivity index (χ1n) is 7.83. The molecule has 0 aliphatic heterocycles. The van der Waals surface area contributed by atoms with Gasteiger partial charge in [-0.1, -0.05) is 37.1 Å². The molecule has 1 aliphatic carbocycles. The molecule has 2 heterocycles. The molecule has 1 atom stereocenters. The number of carbonyl (C=O) groups excluding carboxylic acids is 1. The molecule has 3 rings (SSSR count). The summed E-state index contributed by atoms with van der Waals surface area (Å²) in [5.74, 6) is -0.119. The molecule has 0 unspecified atom stereocenters. The molecule has 0 saturated heterocycles. The van der Waals surface area contributed by atoms with Crippen LogP contribution < -0.4 is 5.32 Å². The van der Waals surface area contributed by atoms with Crippen LogP contribution in [-0.4, -0.2) is 31.3 Å². The van der Waals surface area contributed by atoms with E-state index in [4.69, 9.17) is 0 Å². The molecule has 2 aromatic rings. The molecule has 0 bridgehead atoms. The van der Waals surface area contributed by atoms with Crippen LogP contribution in [-0.2, 0) is 4.79 Å². The fourth-order valence-corrected chi connectivity index (χ4v) is 3.71. The highest BCUT2D eigenvalue weighted by Crippen LogP contribution is 2.29. The molecule has 1 amide bonds. The van der Waals surface area contributed by atoms with Gasteiger partial charge in [0.15, 0.2) is 10.8 Å². The van der Waals surface area contributed by atoms with Crippen LogP contribution in [0.5, 0.6) is 0 Å². The Labute approximate surface area is 139 Å². The number of hydrogen-bond acceptors (Lipinski definition) is 5. The Kier molecular flexibility index (Phi) is 4.53. The van der Waals surface area contributed by atoms with E-state index in [1.807, 2.05) is 35.7 Å². The lowest BCUT2D eigenvalue weighted by Gasteiger charge is -2.32. The monoisotopic (exact) mass is 329 g/mol. The zero-order chi connectivity index (χ0) is 16.3. The van der Waals surface area contributed by atoms with Crippen LogP contribution in [0.2, 0.25) is 0 Å². The third kappa shape index (κ3) is 3.32. The molecule has 6 nitrogen and oxygen atoms in total. The van der Waals surface area contributed by atoms with Gasteiger partial charge in [-0.15, -0.1) is 10.2 Å². The van der Waals surface area contributed by atoms with Crippen molar-refractivity contribution in [3.05, 3.63) is 24.4 Å². The van der Waals surface area contributed by atoms with Crippen LogP contribution in [0.1, 0.15) is 39.0 Å². The van der Waals surface area contributed by atoms with E-state index in [1.54, 1.807) is 0 Å². The van der Waals surface area contributed by atoms with E-state index < -0.39 is 5.54 Å². The number of amides is 1. The Bertz CT molecular complexity index is 744. The number of nitriles is 1. The Balaban J connectivity index is 1.69. The number of rotatable bonds is 4. The van der Waals surface area contributed by atoms with Gasteiger partial charge in [-0.2, -0.15) is 5.26 Å². The molecule has 0 radical (unpaired) electrons. The number of fused-ring (bicyclic) bond motifs is 1. The van der Waals surface area contributed by atoms with Crippen molar-refractivity contribution in [3.8, 4) is 6.07 Å². The summed E-state index contributed by atoms with van der Waals surface area (Å²) < 4.78 is 1.86. The van der Waals surface area contributed by atoms with E-state index in [1.165, 1.54) is 11.8 Å². The molecule has 2 aromatic heterocycles. The van der Waals surface area contributed by atoms with E-state index in [9.17, 15) is 10.1 Å². The van der Waals surface area contributed by atoms with Gasteiger partial charge in [-0.05, 0) is 31.9 Å². The van der Waals surface area contributed by atoms with Gasteiger partial charge in [0, 0.05) is 6.20 Å². The topological polar surface area (TPSA) is 83.1 Å². The zero-order valence-corrected chi connectivity index (χ0v) is 13.8. The maximum absolute atomic E-state index is 12.5. The third-order valence-electron chi connectivity index (χ3n) is 4.22. The molecular formula is C16H19N5OS. The lowest BCUT2D eigenvalue weighted by atomic mass is 9.83. The molecule has 1 N–H and O–H groups in total. The molecule has 7 heteroatoms. The zero-order valence-electron chi connectivity index (χ0n) is 13.0. The maximum atomic E-state index is 12.5. The van der Waals surface area contributed by atoms with Crippen molar-refractivity contribution in [2.75, 3.05) is 0 Å². The van der Waals surface area contributed by atoms with Gasteiger partial charge in [-0.25, -0.2) is 0 Å². The van der Waals surface area contributed by atoms with Gasteiger partial charge in [0.2, 0.25) is 5.91 Å². The number of carbonyl (C=O) groups is 1. The summed E-state index contributed by atoms with van der Waals surface area (Å²) in [5, 5.41) is 21.0. The quantitative estimate of drug-likeness (QED) is 0.872. The van der Waals surface area contributed by atoms with Gasteiger partial charge < -0.3 is 5.32 Å². The summed E-state index contributed by atoms with van der Waals surface area (Å²) in [4.78, 5) is 12.5. The van der Waals surface area contributed by atoms with Crippen LogP contribution in [0.15, 0.2) is 29.6 Å². The Morgan fingerprint density at radius 3 is 2.91 bits per heavy atom. The number of nitrogens with zero attached hydrogens (tertiary/aromatic N) is 4. The van der Waals surface area contributed by atoms with Crippen LogP contribution >= 0.6 is 11.8 Å². The predicted octanol–water partition coefficient (Wildman–Crippen LogP) is 2.55. The number of aromatic nitrogens is 3. The minimum atomic E-state index is -0.697. The minimum absolute atomic E-state index is 0.119. The van der Waals surface area contributed by atoms with Crippen molar-refractivity contribution >= 4 is 23.3 Å². The summed E-state index contributed by atoms with van der Waals surface area (Å²) in [6.45, 7) is 1.83. The predicted molar refractivity (Wildman–Crippen MR) is 87.9 cm³/mol. The standard InChI is InChI=1S/C16H19N5OS/c1-12(14(22)18-16(11-17)8-4-2-5-9-16)23-15-20-19-13-7-3-6-10-21(13)15/h3,6-7,10,12H,2,4-5,8-9H2,1H3,(H,18,22)/t12-/m0/s1. The van der Waals surface area contributed by atoms with Gasteiger partial charge in [0.25, 0.3) is 0 Å². The highest BCUT2D eigenvalue weighted by Gasteiger charge is 2.35. The number of nitrogens with one attached hydrogen (secondary N) is 1. The maximum Gasteiger partial charge on any atom is 0.234 e. The number of thioether (sulfide) groups is 1. The second kappa shape index (κ2) is 6.59. The number of hydrogen-bond donors (Lipinski definition) is 1. The summed E-state index contributed by atoms with van der Waals surface area (Å²) in [7, 11) is 0. The molecule has 1 fully saturated rings. The van der Waals surface area contributed by atoms with E-state index in [-0.39, 0.29) is 11.2 Å². The molecule has 0 aromatic carbocycles. The molecule has 1 aliphatic rings. The molecular weight excluding hydrogens is 310 g/mol. The van der Waals surface area contributed by atoms with Crippen LogP contribution in [0.3, 0.4) is 0 Å². The second-order valence-corrected chi connectivity index (χ2v) is 7.22. The average Bonchev–Trinajstić information content (AvgIpc) is 2.99. The highest BCUT2D eigenvalue weighted by molar-refractivity contribution is 8.00. The minimum Gasteiger partial charge on any atom is -0.337 e. The molecule has 1 saturated carbocycles. The normalized spacial score (nSPS) is 18.3. The SMILES string of the molecule is C[C@H](Sc1nnc2ccccn12)C(=O)NC1(C#N)CCCCC1. The lowest BCUT2D eigenvalue weighted by molar-refractivity contribution is -0.121. The van der Waals surface area contributed by atoms with E-state index in [2.05, 4.69) is 21.6 Å². The van der Waals surface area contributed by atoms with E-state index in [0.29, 0.717) is 5.16 Å². The first-order chi connectivity index (χ1) is 11.1. The largest absolute Gasteiger partial charge is 0.337 e. The fraction of sp³-hybridized carbons (Fsp3) is 0.500. The fourth-order valence-electron chi connectivity index (χ4n) is 2.87.